The molecule has 0 saturated carbocycles. The fraction of sp³-hybridized carbons (Fsp3) is 0.375. The van der Waals surface area contributed by atoms with Crippen LogP contribution in [-0.4, -0.2) is 21.6 Å². The first-order valence-electron chi connectivity index (χ1n) is 4.12. The molecule has 13 heavy (non-hydrogen) atoms. The second kappa shape index (κ2) is 2.69. The van der Waals surface area contributed by atoms with Gasteiger partial charge in [0, 0.05) is 6.99 Å². The molecule has 2 heterocycles. The Labute approximate surface area is 76.2 Å². The minimum absolute atomic E-state index is 0. The average molecular weight is 181 g/mol. The molecule has 1 N–H and O–H groups in total. The maximum absolute atomic E-state index is 11.3. The lowest BCUT2D eigenvalue weighted by molar-refractivity contribution is -0.115. The van der Waals surface area contributed by atoms with E-state index in [9.17, 15) is 9.59 Å². The minimum Gasteiger partial charge on any atom is -0.310 e. The van der Waals surface area contributed by atoms with Crippen LogP contribution in [0.4, 0.5) is 5.82 Å². The standard InChI is InChI=1S/C8H9N3O2.H2/c1-2-5-4-9-11-7(13)3-6(12)10-8(5)11;/h4H,2-3H2,1H3,(H,10,12);1H. The molecule has 5 heteroatoms. The summed E-state index contributed by atoms with van der Waals surface area (Å²) < 4.78 is 1.25. The van der Waals surface area contributed by atoms with E-state index < -0.39 is 0 Å². The molecule has 0 bridgehead atoms. The summed E-state index contributed by atoms with van der Waals surface area (Å²) in [6, 6.07) is 0. The van der Waals surface area contributed by atoms with E-state index in [-0.39, 0.29) is 19.7 Å². The van der Waals surface area contributed by atoms with Gasteiger partial charge >= 0.3 is 0 Å². The van der Waals surface area contributed by atoms with Gasteiger partial charge in [-0.15, -0.1) is 0 Å². The normalized spacial score (nSPS) is 15.5. The lowest BCUT2D eigenvalue weighted by Gasteiger charge is -2.13. The summed E-state index contributed by atoms with van der Waals surface area (Å²) in [5.74, 6) is 0.00917. The summed E-state index contributed by atoms with van der Waals surface area (Å²) in [6.07, 6.45) is 2.25. The van der Waals surface area contributed by atoms with E-state index >= 15 is 0 Å². The van der Waals surface area contributed by atoms with Gasteiger partial charge in [0.05, 0.1) is 6.20 Å². The van der Waals surface area contributed by atoms with E-state index in [1.54, 1.807) is 6.20 Å². The zero-order valence-corrected chi connectivity index (χ0v) is 7.20. The number of carbonyl (C=O) groups excluding carboxylic acids is 2. The highest BCUT2D eigenvalue weighted by Gasteiger charge is 2.24. The van der Waals surface area contributed by atoms with Crippen molar-refractivity contribution in [1.29, 1.82) is 0 Å². The molecule has 1 aliphatic heterocycles. The van der Waals surface area contributed by atoms with Crippen molar-refractivity contribution in [3.63, 3.8) is 0 Å². The molecule has 70 valence electrons. The van der Waals surface area contributed by atoms with Gasteiger partial charge in [0.2, 0.25) is 5.91 Å². The van der Waals surface area contributed by atoms with Gasteiger partial charge in [-0.3, -0.25) is 9.59 Å². The number of carbonyl (C=O) groups is 2. The number of anilines is 1. The monoisotopic (exact) mass is 181 g/mol. The number of amides is 1. The summed E-state index contributed by atoms with van der Waals surface area (Å²) in [5, 5.41) is 6.53. The fourth-order valence-corrected chi connectivity index (χ4v) is 1.35. The van der Waals surface area contributed by atoms with Gasteiger partial charge in [0.15, 0.2) is 0 Å². The van der Waals surface area contributed by atoms with Crippen molar-refractivity contribution >= 4 is 17.6 Å². The SMILES string of the molecule is CCc1cnn2c1NC(=O)CC2=O.[HH]. The Kier molecular flexibility index (Phi) is 1.65. The van der Waals surface area contributed by atoms with Crippen LogP contribution in [0.1, 0.15) is 25.1 Å². The first-order valence-corrected chi connectivity index (χ1v) is 4.12. The number of nitrogens with zero attached hydrogens (tertiary/aromatic N) is 2. The van der Waals surface area contributed by atoms with Gasteiger partial charge < -0.3 is 5.32 Å². The summed E-state index contributed by atoms with van der Waals surface area (Å²) in [5.41, 5.74) is 0.890. The van der Waals surface area contributed by atoms with Crippen LogP contribution >= 0.6 is 0 Å². The van der Waals surface area contributed by atoms with Crippen molar-refractivity contribution in [2.75, 3.05) is 5.32 Å². The third-order valence-electron chi connectivity index (χ3n) is 2.03. The summed E-state index contributed by atoms with van der Waals surface area (Å²) in [7, 11) is 0. The number of hydrogen-bond donors (Lipinski definition) is 1. The van der Waals surface area contributed by atoms with Crippen LogP contribution in [0.25, 0.3) is 0 Å². The second-order valence-electron chi connectivity index (χ2n) is 2.90. The molecule has 0 saturated heterocycles. The number of aryl methyl sites for hydroxylation is 1. The third-order valence-corrected chi connectivity index (χ3v) is 2.03. The van der Waals surface area contributed by atoms with Gasteiger partial charge in [0.1, 0.15) is 12.2 Å². The molecule has 0 unspecified atom stereocenters. The smallest absolute Gasteiger partial charge is 0.258 e. The maximum atomic E-state index is 11.3. The maximum Gasteiger partial charge on any atom is 0.258 e. The molecule has 1 aromatic rings. The number of fused-ring (bicyclic) bond motifs is 1. The van der Waals surface area contributed by atoms with Crippen molar-refractivity contribution in [2.45, 2.75) is 19.8 Å². The molecular formula is C8H11N3O2. The lowest BCUT2D eigenvalue weighted by Crippen LogP contribution is -2.30. The average Bonchev–Trinajstić information content (AvgIpc) is 2.47. The highest BCUT2D eigenvalue weighted by atomic mass is 16.2. The summed E-state index contributed by atoms with van der Waals surface area (Å²) >= 11 is 0. The van der Waals surface area contributed by atoms with Crippen LogP contribution in [0.3, 0.4) is 0 Å². The van der Waals surface area contributed by atoms with Gasteiger partial charge in [-0.25, -0.2) is 0 Å². The molecule has 0 atom stereocenters. The van der Waals surface area contributed by atoms with Crippen LogP contribution in [-0.2, 0) is 11.2 Å². The van der Waals surface area contributed by atoms with Crippen molar-refractivity contribution in [1.82, 2.24) is 9.78 Å². The number of rotatable bonds is 1. The van der Waals surface area contributed by atoms with Gasteiger partial charge in [0.25, 0.3) is 5.91 Å². The molecule has 2 rings (SSSR count). The number of nitrogens with one attached hydrogen (secondary N) is 1. The molecule has 1 aromatic heterocycles. The van der Waals surface area contributed by atoms with E-state index in [0.29, 0.717) is 5.82 Å². The van der Waals surface area contributed by atoms with Crippen molar-refractivity contribution in [3.8, 4) is 0 Å². The third kappa shape index (κ3) is 1.12. The van der Waals surface area contributed by atoms with Crippen LogP contribution in [0.5, 0.6) is 0 Å². The fourth-order valence-electron chi connectivity index (χ4n) is 1.35. The van der Waals surface area contributed by atoms with Crippen LogP contribution < -0.4 is 5.32 Å². The highest BCUT2D eigenvalue weighted by molar-refractivity contribution is 6.09. The van der Waals surface area contributed by atoms with Crippen molar-refractivity contribution in [3.05, 3.63) is 11.8 Å². The molecule has 0 fully saturated rings. The van der Waals surface area contributed by atoms with E-state index in [1.807, 2.05) is 6.92 Å². The quantitative estimate of drug-likeness (QED) is 0.648. The predicted octanol–water partition coefficient (Wildman–Crippen LogP) is 0.674. The number of hydrogen-bond acceptors (Lipinski definition) is 3. The highest BCUT2D eigenvalue weighted by Crippen LogP contribution is 2.19. The van der Waals surface area contributed by atoms with Crippen molar-refractivity contribution < 1.29 is 11.0 Å². The Hall–Kier alpha value is -1.65. The molecule has 1 amide bonds. The molecular weight excluding hydrogens is 170 g/mol. The Balaban J connectivity index is 0.000000980. The second-order valence-corrected chi connectivity index (χ2v) is 2.90. The Bertz CT molecular complexity index is 386. The zero-order valence-electron chi connectivity index (χ0n) is 7.20. The Morgan fingerprint density at radius 3 is 3.15 bits per heavy atom. The molecule has 0 aromatic carbocycles. The van der Waals surface area contributed by atoms with Gasteiger partial charge in [-0.05, 0) is 6.42 Å². The first kappa shape index (κ1) is 7.97. The largest absolute Gasteiger partial charge is 0.310 e. The van der Waals surface area contributed by atoms with E-state index in [2.05, 4.69) is 10.4 Å². The first-order chi connectivity index (χ1) is 6.22. The molecule has 0 aliphatic carbocycles. The van der Waals surface area contributed by atoms with Gasteiger partial charge in [-0.1, -0.05) is 6.92 Å². The molecule has 0 radical (unpaired) electrons. The molecule has 1 aliphatic rings. The topological polar surface area (TPSA) is 64.0 Å². The summed E-state index contributed by atoms with van der Waals surface area (Å²) in [6.45, 7) is 1.95. The number of aromatic nitrogens is 2. The summed E-state index contributed by atoms with van der Waals surface area (Å²) in [4.78, 5) is 22.3. The van der Waals surface area contributed by atoms with E-state index in [0.717, 1.165) is 12.0 Å². The van der Waals surface area contributed by atoms with Crippen LogP contribution in [0, 0.1) is 0 Å². The molecule has 5 nitrogen and oxygen atoms in total. The van der Waals surface area contributed by atoms with Crippen LogP contribution in [0.15, 0.2) is 6.20 Å². The van der Waals surface area contributed by atoms with Gasteiger partial charge in [-0.2, -0.15) is 9.78 Å². The van der Waals surface area contributed by atoms with E-state index in [4.69, 9.17) is 0 Å². The van der Waals surface area contributed by atoms with Crippen molar-refractivity contribution in [2.24, 2.45) is 0 Å². The molecule has 0 spiro atoms. The lowest BCUT2D eigenvalue weighted by atomic mass is 10.2. The van der Waals surface area contributed by atoms with E-state index in [1.165, 1.54) is 4.68 Å². The predicted molar refractivity (Wildman–Crippen MR) is 47.6 cm³/mol. The Morgan fingerprint density at radius 1 is 1.69 bits per heavy atom. The zero-order chi connectivity index (χ0) is 9.42. The van der Waals surface area contributed by atoms with Crippen LogP contribution in [0.2, 0.25) is 0 Å². The minimum atomic E-state index is -0.265. The Morgan fingerprint density at radius 2 is 2.46 bits per heavy atom.